The second-order valence-corrected chi connectivity index (χ2v) is 4.45. The van der Waals surface area contributed by atoms with E-state index in [1.165, 1.54) is 6.07 Å². The normalized spacial score (nSPS) is 12.2. The Morgan fingerprint density at radius 3 is 2.63 bits per heavy atom. The van der Waals surface area contributed by atoms with E-state index in [1.54, 1.807) is 25.3 Å². The van der Waals surface area contributed by atoms with Crippen molar-refractivity contribution >= 4 is 0 Å². The second-order valence-electron chi connectivity index (χ2n) is 4.45. The fraction of sp³-hybridized carbons (Fsp3) is 0.267. The summed E-state index contributed by atoms with van der Waals surface area (Å²) in [5.74, 6) is 0.845. The molecule has 1 unspecified atom stereocenters. The predicted octanol–water partition coefficient (Wildman–Crippen LogP) is 3.60. The molecule has 1 atom stereocenters. The Kier molecular flexibility index (Phi) is 4.12. The van der Waals surface area contributed by atoms with E-state index < -0.39 is 0 Å². The fourth-order valence-corrected chi connectivity index (χ4v) is 1.68. The van der Waals surface area contributed by atoms with Crippen LogP contribution in [0.15, 0.2) is 36.5 Å². The van der Waals surface area contributed by atoms with Gasteiger partial charge in [-0.1, -0.05) is 6.07 Å². The van der Waals surface area contributed by atoms with Crippen molar-refractivity contribution in [1.82, 2.24) is 10.3 Å². The molecule has 1 N–H and O–H groups in total. The molecule has 0 radical (unpaired) electrons. The third-order valence-corrected chi connectivity index (χ3v) is 3.04. The Balaban J connectivity index is 2.12. The van der Waals surface area contributed by atoms with E-state index in [4.69, 9.17) is 4.74 Å². The quantitative estimate of drug-likeness (QED) is 0.912. The smallest absolute Gasteiger partial charge is 0.219 e. The molecule has 2 aromatic rings. The van der Waals surface area contributed by atoms with Crippen LogP contribution in [0.1, 0.15) is 24.1 Å². The van der Waals surface area contributed by atoms with Gasteiger partial charge in [0.05, 0.1) is 0 Å². The minimum absolute atomic E-state index is 0.237. The van der Waals surface area contributed by atoms with E-state index in [2.05, 4.69) is 17.2 Å². The number of nitrogens with one attached hydrogen (secondary N) is 1. The number of nitrogens with zero attached hydrogens (tertiary/aromatic N) is 1. The molecule has 0 spiro atoms. The first-order chi connectivity index (χ1) is 9.10. The van der Waals surface area contributed by atoms with Crippen LogP contribution in [-0.2, 0) is 0 Å². The number of aryl methyl sites for hydroxylation is 1. The highest BCUT2D eigenvalue weighted by atomic mass is 19.1. The summed E-state index contributed by atoms with van der Waals surface area (Å²) < 4.78 is 18.7. The number of hydrogen-bond donors (Lipinski definition) is 1. The van der Waals surface area contributed by atoms with Crippen LogP contribution in [0.25, 0.3) is 0 Å². The van der Waals surface area contributed by atoms with Crippen molar-refractivity contribution < 1.29 is 9.13 Å². The van der Waals surface area contributed by atoms with Crippen molar-refractivity contribution in [2.75, 3.05) is 7.05 Å². The minimum Gasteiger partial charge on any atom is -0.439 e. The first kappa shape index (κ1) is 13.5. The van der Waals surface area contributed by atoms with Gasteiger partial charge in [0.2, 0.25) is 5.88 Å². The van der Waals surface area contributed by atoms with Gasteiger partial charge in [-0.25, -0.2) is 9.37 Å². The van der Waals surface area contributed by atoms with E-state index in [-0.39, 0.29) is 11.9 Å². The molecule has 19 heavy (non-hydrogen) atoms. The van der Waals surface area contributed by atoms with Gasteiger partial charge in [-0.2, -0.15) is 0 Å². The Morgan fingerprint density at radius 2 is 2.05 bits per heavy atom. The zero-order chi connectivity index (χ0) is 13.8. The minimum atomic E-state index is -0.237. The lowest BCUT2D eigenvalue weighted by Gasteiger charge is -2.11. The van der Waals surface area contributed by atoms with Crippen LogP contribution in [0.3, 0.4) is 0 Å². The molecule has 3 nitrogen and oxygen atoms in total. The van der Waals surface area contributed by atoms with Gasteiger partial charge in [0.15, 0.2) is 0 Å². The monoisotopic (exact) mass is 260 g/mol. The van der Waals surface area contributed by atoms with Gasteiger partial charge in [-0.05, 0) is 50.2 Å². The van der Waals surface area contributed by atoms with Crippen LogP contribution in [-0.4, -0.2) is 12.0 Å². The van der Waals surface area contributed by atoms with Crippen molar-refractivity contribution in [2.24, 2.45) is 0 Å². The molecule has 1 aromatic carbocycles. The summed E-state index contributed by atoms with van der Waals surface area (Å²) in [6.45, 7) is 3.76. The van der Waals surface area contributed by atoms with E-state index in [0.717, 1.165) is 5.56 Å². The number of aromatic nitrogens is 1. The zero-order valence-electron chi connectivity index (χ0n) is 11.3. The molecule has 0 aliphatic heterocycles. The molecule has 4 heteroatoms. The summed E-state index contributed by atoms with van der Waals surface area (Å²) in [6.07, 6.45) is 1.77. The van der Waals surface area contributed by atoms with Gasteiger partial charge >= 0.3 is 0 Å². The molecular formula is C15H17FN2O. The van der Waals surface area contributed by atoms with Crippen LogP contribution in [0.4, 0.5) is 4.39 Å². The molecule has 0 amide bonds. The Labute approximate surface area is 112 Å². The second kappa shape index (κ2) is 5.80. The maximum atomic E-state index is 13.1. The molecule has 1 aromatic heterocycles. The van der Waals surface area contributed by atoms with Crippen LogP contribution < -0.4 is 10.1 Å². The van der Waals surface area contributed by atoms with Crippen LogP contribution in [0.2, 0.25) is 0 Å². The molecular weight excluding hydrogens is 243 g/mol. The van der Waals surface area contributed by atoms with E-state index in [9.17, 15) is 4.39 Å². The third kappa shape index (κ3) is 3.29. The molecule has 0 bridgehead atoms. The number of rotatable bonds is 4. The summed E-state index contributed by atoms with van der Waals surface area (Å²) in [6, 6.07) is 8.65. The van der Waals surface area contributed by atoms with Crippen molar-refractivity contribution in [1.29, 1.82) is 0 Å². The lowest BCUT2D eigenvalue weighted by Crippen LogP contribution is -2.12. The summed E-state index contributed by atoms with van der Waals surface area (Å²) >= 11 is 0. The Morgan fingerprint density at radius 1 is 1.26 bits per heavy atom. The zero-order valence-corrected chi connectivity index (χ0v) is 11.3. The molecule has 2 rings (SSSR count). The van der Waals surface area contributed by atoms with Gasteiger partial charge in [0.1, 0.15) is 11.6 Å². The van der Waals surface area contributed by atoms with Gasteiger partial charge in [0.25, 0.3) is 0 Å². The Bertz CT molecular complexity index is 555. The number of halogens is 1. The number of hydrogen-bond acceptors (Lipinski definition) is 3. The fourth-order valence-electron chi connectivity index (χ4n) is 1.68. The molecule has 0 aliphatic rings. The van der Waals surface area contributed by atoms with E-state index in [1.807, 2.05) is 19.2 Å². The van der Waals surface area contributed by atoms with Gasteiger partial charge < -0.3 is 10.1 Å². The third-order valence-electron chi connectivity index (χ3n) is 3.04. The first-order valence-corrected chi connectivity index (χ1v) is 6.17. The molecule has 0 aliphatic carbocycles. The standard InChI is InChI=1S/C15H17FN2O/c1-10-8-13(5-6-14(10)16)19-15-7-4-12(9-18-15)11(2)17-3/h4-9,11,17H,1-3H3. The highest BCUT2D eigenvalue weighted by Gasteiger charge is 2.05. The highest BCUT2D eigenvalue weighted by Crippen LogP contribution is 2.22. The van der Waals surface area contributed by atoms with Crippen molar-refractivity contribution in [3.8, 4) is 11.6 Å². The van der Waals surface area contributed by atoms with E-state index >= 15 is 0 Å². The van der Waals surface area contributed by atoms with Crippen LogP contribution in [0, 0.1) is 12.7 Å². The molecule has 0 saturated heterocycles. The summed E-state index contributed by atoms with van der Waals surface area (Å²) in [4.78, 5) is 4.24. The van der Waals surface area contributed by atoms with Crippen molar-refractivity contribution in [3.63, 3.8) is 0 Å². The summed E-state index contributed by atoms with van der Waals surface area (Å²) in [5, 5.41) is 3.14. The SMILES string of the molecule is CNC(C)c1ccc(Oc2ccc(F)c(C)c2)nc1. The average molecular weight is 260 g/mol. The van der Waals surface area contributed by atoms with E-state index in [0.29, 0.717) is 17.2 Å². The molecule has 100 valence electrons. The summed E-state index contributed by atoms with van der Waals surface area (Å²) in [5.41, 5.74) is 1.64. The number of pyridine rings is 1. The van der Waals surface area contributed by atoms with Crippen LogP contribution in [0.5, 0.6) is 11.6 Å². The highest BCUT2D eigenvalue weighted by molar-refractivity contribution is 5.32. The molecule has 0 saturated carbocycles. The lowest BCUT2D eigenvalue weighted by atomic mass is 10.1. The summed E-state index contributed by atoms with van der Waals surface area (Å²) in [7, 11) is 1.90. The van der Waals surface area contributed by atoms with Gasteiger partial charge in [0, 0.05) is 18.3 Å². The number of ether oxygens (including phenoxy) is 1. The largest absolute Gasteiger partial charge is 0.439 e. The van der Waals surface area contributed by atoms with Crippen molar-refractivity contribution in [2.45, 2.75) is 19.9 Å². The van der Waals surface area contributed by atoms with Crippen molar-refractivity contribution in [3.05, 3.63) is 53.5 Å². The van der Waals surface area contributed by atoms with Gasteiger partial charge in [-0.3, -0.25) is 0 Å². The molecule has 0 fully saturated rings. The van der Waals surface area contributed by atoms with Crippen LogP contribution >= 0.6 is 0 Å². The first-order valence-electron chi connectivity index (χ1n) is 6.17. The maximum Gasteiger partial charge on any atom is 0.219 e. The lowest BCUT2D eigenvalue weighted by molar-refractivity contribution is 0.459. The maximum absolute atomic E-state index is 13.1. The topological polar surface area (TPSA) is 34.1 Å². The van der Waals surface area contributed by atoms with Gasteiger partial charge in [-0.15, -0.1) is 0 Å². The average Bonchev–Trinajstić information content (AvgIpc) is 2.43. The number of benzene rings is 1. The molecule has 1 heterocycles. The predicted molar refractivity (Wildman–Crippen MR) is 72.9 cm³/mol. The Hall–Kier alpha value is -1.94.